The molecule has 2 aromatic rings. The molecule has 12 nitrogen and oxygen atoms in total. The van der Waals surface area contributed by atoms with Crippen molar-refractivity contribution in [2.24, 2.45) is 0 Å². The van der Waals surface area contributed by atoms with Crippen molar-refractivity contribution in [3.63, 3.8) is 0 Å². The first kappa shape index (κ1) is 35.5. The van der Waals surface area contributed by atoms with Crippen LogP contribution in [0.15, 0.2) is 48.5 Å². The largest absolute Gasteiger partial charge is 0.390 e. The highest BCUT2D eigenvalue weighted by Gasteiger charge is 2.44. The summed E-state index contributed by atoms with van der Waals surface area (Å²) in [7, 11) is 3.23. The van der Waals surface area contributed by atoms with Gasteiger partial charge < -0.3 is 29.2 Å². The second-order valence-corrected chi connectivity index (χ2v) is 12.4. The van der Waals surface area contributed by atoms with Gasteiger partial charge in [0.1, 0.15) is 0 Å². The van der Waals surface area contributed by atoms with E-state index in [9.17, 15) is 30.4 Å². The van der Waals surface area contributed by atoms with E-state index in [1.165, 1.54) is 12.1 Å². The van der Waals surface area contributed by atoms with Crippen molar-refractivity contribution >= 4 is 11.4 Å². The molecule has 2 N–H and O–H groups in total. The lowest BCUT2D eigenvalue weighted by Crippen LogP contribution is -2.32. The standard InChI is InChI=1S/C15H19NO4.C12H15NO4.C5H12O2/c1-15(2)19-13-8-5-11(9-14(13)20-15)10-3-6-12(7-4-10)16(17)18;14-11-6-3-9(7-12(11)15)8-1-4-10(5-2-8)13(16)17;1-5(2,6-3)7-4/h3-4,6-7,11,13-14H,5,8-9H2,1-2H3;1-2,4-5,9,11-12,14-15H,3,6-7H2;1-4H3/t11?,13?,14-;9?,11-,12+;/m01./s1. The van der Waals surface area contributed by atoms with Gasteiger partial charge in [-0.3, -0.25) is 20.2 Å². The van der Waals surface area contributed by atoms with Crippen molar-refractivity contribution in [1.29, 1.82) is 0 Å². The molecule has 0 bridgehead atoms. The van der Waals surface area contributed by atoms with Gasteiger partial charge in [0.2, 0.25) is 0 Å². The number of nitrogens with zero attached hydrogens (tertiary/aromatic N) is 2. The molecular formula is C32H46N2O10. The quantitative estimate of drug-likeness (QED) is 0.223. The average Bonchev–Trinajstić information content (AvgIpc) is 3.32. The molecule has 1 aliphatic heterocycles. The number of rotatable bonds is 6. The Kier molecular flexibility index (Phi) is 12.4. The minimum atomic E-state index is -0.691. The van der Waals surface area contributed by atoms with Gasteiger partial charge >= 0.3 is 0 Å². The zero-order valence-corrected chi connectivity index (χ0v) is 26.4. The average molecular weight is 619 g/mol. The molecule has 2 aliphatic carbocycles. The summed E-state index contributed by atoms with van der Waals surface area (Å²) < 4.78 is 21.5. The van der Waals surface area contributed by atoms with Crippen LogP contribution in [0.5, 0.6) is 0 Å². The zero-order chi connectivity index (χ0) is 32.7. The molecule has 2 aromatic carbocycles. The summed E-state index contributed by atoms with van der Waals surface area (Å²) >= 11 is 0. The number of hydrogen-bond donors (Lipinski definition) is 2. The first-order valence-electron chi connectivity index (χ1n) is 15.0. The predicted molar refractivity (Wildman–Crippen MR) is 163 cm³/mol. The minimum Gasteiger partial charge on any atom is -0.390 e. The van der Waals surface area contributed by atoms with E-state index in [2.05, 4.69) is 0 Å². The van der Waals surface area contributed by atoms with Gasteiger partial charge in [0.15, 0.2) is 11.6 Å². The Balaban J connectivity index is 0.000000201. The van der Waals surface area contributed by atoms with Gasteiger partial charge in [0, 0.05) is 38.5 Å². The van der Waals surface area contributed by atoms with Crippen LogP contribution in [0.25, 0.3) is 0 Å². The van der Waals surface area contributed by atoms with Gasteiger partial charge in [-0.1, -0.05) is 24.3 Å². The molecule has 6 atom stereocenters. The van der Waals surface area contributed by atoms with Crippen LogP contribution in [-0.4, -0.2) is 70.3 Å². The van der Waals surface area contributed by atoms with Crippen molar-refractivity contribution in [3.8, 4) is 0 Å². The maximum atomic E-state index is 10.7. The van der Waals surface area contributed by atoms with Gasteiger partial charge in [0.05, 0.1) is 34.3 Å². The van der Waals surface area contributed by atoms with Gasteiger partial charge in [-0.25, -0.2) is 0 Å². The van der Waals surface area contributed by atoms with Crippen molar-refractivity contribution in [1.82, 2.24) is 0 Å². The highest BCUT2D eigenvalue weighted by atomic mass is 16.8. The summed E-state index contributed by atoms with van der Waals surface area (Å²) in [5, 5.41) is 40.2. The van der Waals surface area contributed by atoms with E-state index in [4.69, 9.17) is 18.9 Å². The van der Waals surface area contributed by atoms with Crippen LogP contribution in [0.1, 0.15) is 89.2 Å². The minimum absolute atomic E-state index is 0.0742. The van der Waals surface area contributed by atoms with Gasteiger partial charge in [-0.2, -0.15) is 0 Å². The van der Waals surface area contributed by atoms with Crippen LogP contribution in [-0.2, 0) is 18.9 Å². The maximum absolute atomic E-state index is 10.7. The number of methoxy groups -OCH3 is 2. The molecule has 0 amide bonds. The Labute approximate surface area is 258 Å². The molecule has 3 fully saturated rings. The number of ether oxygens (including phenoxy) is 4. The van der Waals surface area contributed by atoms with Gasteiger partial charge in [-0.15, -0.1) is 0 Å². The predicted octanol–water partition coefficient (Wildman–Crippen LogP) is 5.98. The van der Waals surface area contributed by atoms with Crippen LogP contribution in [0.2, 0.25) is 0 Å². The van der Waals surface area contributed by atoms with E-state index < -0.39 is 28.7 Å². The van der Waals surface area contributed by atoms with E-state index in [-0.39, 0.29) is 34.4 Å². The fourth-order valence-corrected chi connectivity index (χ4v) is 5.67. The first-order chi connectivity index (χ1) is 20.6. The Morgan fingerprint density at radius 3 is 1.57 bits per heavy atom. The van der Waals surface area contributed by atoms with E-state index in [0.29, 0.717) is 18.8 Å². The Morgan fingerprint density at radius 2 is 1.16 bits per heavy atom. The molecule has 0 spiro atoms. The lowest BCUT2D eigenvalue weighted by atomic mass is 9.81. The molecule has 5 rings (SSSR count). The first-order valence-corrected chi connectivity index (χ1v) is 15.0. The van der Waals surface area contributed by atoms with Crippen LogP contribution in [0, 0.1) is 20.2 Å². The van der Waals surface area contributed by atoms with E-state index >= 15 is 0 Å². The maximum Gasteiger partial charge on any atom is 0.269 e. The van der Waals surface area contributed by atoms with E-state index in [1.54, 1.807) is 38.5 Å². The topological polar surface area (TPSA) is 164 Å². The number of non-ortho nitro benzene ring substituents is 2. The third-order valence-electron chi connectivity index (χ3n) is 8.52. The van der Waals surface area contributed by atoms with Crippen LogP contribution < -0.4 is 0 Å². The normalized spacial score (nSPS) is 27.5. The van der Waals surface area contributed by atoms with Gasteiger partial charge in [0.25, 0.3) is 11.4 Å². The summed E-state index contributed by atoms with van der Waals surface area (Å²) in [5.74, 6) is -0.330. The molecule has 12 heteroatoms. The molecule has 0 aromatic heterocycles. The van der Waals surface area contributed by atoms with Crippen LogP contribution in [0.4, 0.5) is 11.4 Å². The summed E-state index contributed by atoms with van der Waals surface area (Å²) in [6, 6.07) is 13.3. The lowest BCUT2D eigenvalue weighted by molar-refractivity contribution is -0.385. The number of nitro groups is 2. The van der Waals surface area contributed by atoms with E-state index in [0.717, 1.165) is 36.8 Å². The summed E-state index contributed by atoms with van der Waals surface area (Å²) in [4.78, 5) is 20.4. The van der Waals surface area contributed by atoms with Crippen molar-refractivity contribution in [2.75, 3.05) is 14.2 Å². The Bertz CT molecular complexity index is 1210. The van der Waals surface area contributed by atoms with Crippen molar-refractivity contribution in [3.05, 3.63) is 79.9 Å². The number of aliphatic hydroxyl groups is 2. The third kappa shape index (κ3) is 10.0. The number of nitro benzene ring substituents is 2. The molecule has 1 heterocycles. The highest BCUT2D eigenvalue weighted by Crippen LogP contribution is 2.42. The van der Waals surface area contributed by atoms with Gasteiger partial charge in [-0.05, 0) is 89.2 Å². The molecule has 0 radical (unpaired) electrons. The second-order valence-electron chi connectivity index (χ2n) is 12.4. The second kappa shape index (κ2) is 15.3. The molecule has 44 heavy (non-hydrogen) atoms. The third-order valence-corrected chi connectivity index (χ3v) is 8.52. The molecule has 2 saturated carbocycles. The van der Waals surface area contributed by atoms with Crippen LogP contribution >= 0.6 is 0 Å². The molecule has 3 unspecified atom stereocenters. The number of benzene rings is 2. The smallest absolute Gasteiger partial charge is 0.269 e. The molecule has 1 saturated heterocycles. The number of hydrogen-bond acceptors (Lipinski definition) is 10. The summed E-state index contributed by atoms with van der Waals surface area (Å²) in [6.45, 7) is 7.61. The fourth-order valence-electron chi connectivity index (χ4n) is 5.67. The summed E-state index contributed by atoms with van der Waals surface area (Å²) in [5.41, 5.74) is 2.36. The van der Waals surface area contributed by atoms with E-state index in [1.807, 2.05) is 39.8 Å². The molecule has 244 valence electrons. The van der Waals surface area contributed by atoms with Crippen molar-refractivity contribution in [2.45, 2.75) is 114 Å². The zero-order valence-electron chi connectivity index (χ0n) is 26.4. The van der Waals surface area contributed by atoms with Crippen LogP contribution in [0.3, 0.4) is 0 Å². The lowest BCUT2D eigenvalue weighted by Gasteiger charge is -2.30. The Morgan fingerprint density at radius 1 is 0.727 bits per heavy atom. The summed E-state index contributed by atoms with van der Waals surface area (Å²) in [6.07, 6.45) is 3.84. The number of fused-ring (bicyclic) bond motifs is 1. The SMILES string of the molecule is CC1(C)OC2CCC(c3ccc([N+](=O)[O-])cc3)C[C@@H]2O1.COC(C)(C)OC.O=[N+]([O-])c1ccc(C2CC[C@@H](O)[C@@H](O)C2)cc1. The molecule has 3 aliphatic rings. The van der Waals surface area contributed by atoms with Crippen molar-refractivity contribution < 1.29 is 39.0 Å². The Hall–Kier alpha value is -3.00. The fraction of sp³-hybridized carbons (Fsp3) is 0.625. The molecular weight excluding hydrogens is 572 g/mol. The number of aliphatic hydroxyl groups excluding tert-OH is 2. The monoisotopic (exact) mass is 618 g/mol. The highest BCUT2D eigenvalue weighted by molar-refractivity contribution is 5.35.